The van der Waals surface area contributed by atoms with Gasteiger partial charge in [0.15, 0.2) is 5.69 Å². The molecule has 25 heavy (non-hydrogen) atoms. The molecule has 4 rings (SSSR count). The highest BCUT2D eigenvalue weighted by atomic mass is 16.2. The SMILES string of the molecule is O=C(c1n[nH]c(=O)c2ccccc12)N1CCCC1Cc1ccccc1. The maximum Gasteiger partial charge on any atom is 0.275 e. The van der Waals surface area contributed by atoms with Crippen molar-refractivity contribution in [1.82, 2.24) is 15.1 Å². The monoisotopic (exact) mass is 333 g/mol. The summed E-state index contributed by atoms with van der Waals surface area (Å²) in [5, 5.41) is 7.63. The van der Waals surface area contributed by atoms with Gasteiger partial charge in [0.25, 0.3) is 11.5 Å². The molecule has 1 aliphatic rings. The van der Waals surface area contributed by atoms with Crippen molar-refractivity contribution in [2.45, 2.75) is 25.3 Å². The standard InChI is InChI=1S/C20H19N3O2/c24-19-17-11-5-4-10-16(17)18(21-22-19)20(25)23-12-6-9-15(23)13-14-7-2-1-3-8-14/h1-5,7-8,10-11,15H,6,9,12-13H2,(H,22,24). The van der Waals surface area contributed by atoms with Crippen molar-refractivity contribution in [2.75, 3.05) is 6.54 Å². The molecular weight excluding hydrogens is 314 g/mol. The number of amides is 1. The Morgan fingerprint density at radius 1 is 1.08 bits per heavy atom. The third kappa shape index (κ3) is 2.93. The van der Waals surface area contributed by atoms with E-state index in [0.717, 1.165) is 25.8 Å². The van der Waals surface area contributed by atoms with Crippen LogP contribution in [0.5, 0.6) is 0 Å². The molecule has 0 spiro atoms. The average Bonchev–Trinajstić information content (AvgIpc) is 3.11. The smallest absolute Gasteiger partial charge is 0.275 e. The van der Waals surface area contributed by atoms with E-state index in [0.29, 0.717) is 16.5 Å². The fourth-order valence-corrected chi connectivity index (χ4v) is 3.62. The van der Waals surface area contributed by atoms with Crippen molar-refractivity contribution in [2.24, 2.45) is 0 Å². The first-order valence-electron chi connectivity index (χ1n) is 8.56. The first kappa shape index (κ1) is 15.6. The summed E-state index contributed by atoms with van der Waals surface area (Å²) in [5.74, 6) is -0.106. The van der Waals surface area contributed by atoms with E-state index in [4.69, 9.17) is 0 Å². The molecule has 2 heterocycles. The van der Waals surface area contributed by atoms with Crippen LogP contribution < -0.4 is 5.56 Å². The molecule has 1 atom stereocenters. The van der Waals surface area contributed by atoms with Gasteiger partial charge in [-0.1, -0.05) is 48.5 Å². The van der Waals surface area contributed by atoms with Gasteiger partial charge in [0, 0.05) is 18.0 Å². The van der Waals surface area contributed by atoms with Crippen LogP contribution in [0.4, 0.5) is 0 Å². The fourth-order valence-electron chi connectivity index (χ4n) is 3.62. The molecule has 1 unspecified atom stereocenters. The fraction of sp³-hybridized carbons (Fsp3) is 0.250. The van der Waals surface area contributed by atoms with Crippen LogP contribution in [0.1, 0.15) is 28.9 Å². The Labute approximate surface area is 145 Å². The predicted octanol–water partition coefficient (Wildman–Crippen LogP) is 2.77. The van der Waals surface area contributed by atoms with E-state index < -0.39 is 0 Å². The number of nitrogens with one attached hydrogen (secondary N) is 1. The van der Waals surface area contributed by atoms with Crippen LogP contribution in [0.2, 0.25) is 0 Å². The van der Waals surface area contributed by atoms with Crippen LogP contribution >= 0.6 is 0 Å². The number of likely N-dealkylation sites (tertiary alicyclic amines) is 1. The number of H-pyrrole nitrogens is 1. The lowest BCUT2D eigenvalue weighted by Crippen LogP contribution is -2.37. The van der Waals surface area contributed by atoms with Gasteiger partial charge in [-0.25, -0.2) is 5.10 Å². The van der Waals surface area contributed by atoms with Gasteiger partial charge in [-0.15, -0.1) is 0 Å². The van der Waals surface area contributed by atoms with E-state index in [2.05, 4.69) is 22.3 Å². The van der Waals surface area contributed by atoms with Crippen LogP contribution in [0.25, 0.3) is 10.8 Å². The third-order valence-electron chi connectivity index (χ3n) is 4.85. The first-order chi connectivity index (χ1) is 12.2. The number of nitrogens with zero attached hydrogens (tertiary/aromatic N) is 2. The molecule has 1 saturated heterocycles. The Balaban J connectivity index is 1.66. The minimum atomic E-state index is -0.269. The summed E-state index contributed by atoms with van der Waals surface area (Å²) in [6.45, 7) is 0.728. The number of fused-ring (bicyclic) bond motifs is 1. The zero-order valence-electron chi connectivity index (χ0n) is 13.8. The van der Waals surface area contributed by atoms with Crippen LogP contribution in [0.3, 0.4) is 0 Å². The molecule has 5 nitrogen and oxygen atoms in total. The van der Waals surface area contributed by atoms with Crippen molar-refractivity contribution >= 4 is 16.7 Å². The van der Waals surface area contributed by atoms with Crippen molar-refractivity contribution in [3.8, 4) is 0 Å². The number of hydrogen-bond acceptors (Lipinski definition) is 3. The summed E-state index contributed by atoms with van der Waals surface area (Å²) in [4.78, 5) is 27.0. The molecule has 1 aliphatic heterocycles. The zero-order chi connectivity index (χ0) is 17.2. The number of aromatic nitrogens is 2. The number of benzene rings is 2. The molecule has 0 saturated carbocycles. The van der Waals surface area contributed by atoms with Crippen LogP contribution in [0.15, 0.2) is 59.4 Å². The molecule has 2 aromatic carbocycles. The molecule has 1 amide bonds. The van der Waals surface area contributed by atoms with E-state index >= 15 is 0 Å². The summed E-state index contributed by atoms with van der Waals surface area (Å²) < 4.78 is 0. The Morgan fingerprint density at radius 2 is 1.80 bits per heavy atom. The van der Waals surface area contributed by atoms with Gasteiger partial charge >= 0.3 is 0 Å². The number of carbonyl (C=O) groups excluding carboxylic acids is 1. The Bertz CT molecular complexity index is 965. The van der Waals surface area contributed by atoms with Gasteiger partial charge in [-0.3, -0.25) is 9.59 Å². The van der Waals surface area contributed by atoms with Gasteiger partial charge in [-0.2, -0.15) is 5.10 Å². The number of rotatable bonds is 3. The molecule has 0 bridgehead atoms. The summed E-state index contributed by atoms with van der Waals surface area (Å²) in [6.07, 6.45) is 2.82. The molecule has 1 N–H and O–H groups in total. The van der Waals surface area contributed by atoms with Gasteiger partial charge < -0.3 is 4.90 Å². The van der Waals surface area contributed by atoms with Crippen LogP contribution in [-0.4, -0.2) is 33.6 Å². The summed E-state index contributed by atoms with van der Waals surface area (Å²) in [7, 11) is 0. The Kier molecular flexibility index (Phi) is 4.06. The second kappa shape index (κ2) is 6.51. The summed E-state index contributed by atoms with van der Waals surface area (Å²) in [5.41, 5.74) is 1.29. The normalized spacial score (nSPS) is 17.1. The number of carbonyl (C=O) groups is 1. The zero-order valence-corrected chi connectivity index (χ0v) is 13.8. The summed E-state index contributed by atoms with van der Waals surface area (Å²) >= 11 is 0. The minimum absolute atomic E-state index is 0.106. The van der Waals surface area contributed by atoms with Crippen LogP contribution in [0, 0.1) is 0 Å². The molecule has 5 heteroatoms. The minimum Gasteiger partial charge on any atom is -0.334 e. The van der Waals surface area contributed by atoms with Crippen molar-refractivity contribution in [1.29, 1.82) is 0 Å². The number of hydrogen-bond donors (Lipinski definition) is 1. The highest BCUT2D eigenvalue weighted by Crippen LogP contribution is 2.24. The molecule has 0 aliphatic carbocycles. The van der Waals surface area contributed by atoms with E-state index in [1.54, 1.807) is 18.2 Å². The first-order valence-corrected chi connectivity index (χ1v) is 8.56. The lowest BCUT2D eigenvalue weighted by Gasteiger charge is -2.24. The molecule has 3 aromatic rings. The molecule has 1 fully saturated rings. The van der Waals surface area contributed by atoms with Gasteiger partial charge in [0.05, 0.1) is 5.39 Å². The van der Waals surface area contributed by atoms with E-state index in [-0.39, 0.29) is 17.5 Å². The largest absolute Gasteiger partial charge is 0.334 e. The average molecular weight is 333 g/mol. The van der Waals surface area contributed by atoms with Crippen molar-refractivity contribution in [3.05, 3.63) is 76.2 Å². The third-order valence-corrected chi connectivity index (χ3v) is 4.85. The van der Waals surface area contributed by atoms with Gasteiger partial charge in [0.2, 0.25) is 0 Å². The lowest BCUT2D eigenvalue weighted by atomic mass is 10.0. The summed E-state index contributed by atoms with van der Waals surface area (Å²) in [6, 6.07) is 17.5. The molecule has 0 radical (unpaired) electrons. The Hall–Kier alpha value is -2.95. The highest BCUT2D eigenvalue weighted by Gasteiger charge is 2.31. The quantitative estimate of drug-likeness (QED) is 0.801. The van der Waals surface area contributed by atoms with E-state index in [1.807, 2.05) is 29.2 Å². The van der Waals surface area contributed by atoms with Crippen molar-refractivity contribution in [3.63, 3.8) is 0 Å². The Morgan fingerprint density at radius 3 is 2.60 bits per heavy atom. The van der Waals surface area contributed by atoms with Crippen molar-refractivity contribution < 1.29 is 4.79 Å². The maximum absolute atomic E-state index is 13.1. The lowest BCUT2D eigenvalue weighted by molar-refractivity contribution is 0.0731. The van der Waals surface area contributed by atoms with Crippen LogP contribution in [-0.2, 0) is 6.42 Å². The van der Waals surface area contributed by atoms with Gasteiger partial charge in [0.1, 0.15) is 0 Å². The van der Waals surface area contributed by atoms with E-state index in [9.17, 15) is 9.59 Å². The second-order valence-electron chi connectivity index (χ2n) is 6.43. The van der Waals surface area contributed by atoms with Gasteiger partial charge in [-0.05, 0) is 30.9 Å². The predicted molar refractivity (Wildman–Crippen MR) is 96.6 cm³/mol. The maximum atomic E-state index is 13.1. The molecular formula is C20H19N3O2. The topological polar surface area (TPSA) is 66.1 Å². The highest BCUT2D eigenvalue weighted by molar-refractivity contribution is 6.04. The molecule has 1 aromatic heterocycles. The second-order valence-corrected chi connectivity index (χ2v) is 6.43. The van der Waals surface area contributed by atoms with E-state index in [1.165, 1.54) is 5.56 Å². The number of aromatic amines is 1. The molecule has 126 valence electrons.